The van der Waals surface area contributed by atoms with E-state index >= 15 is 0 Å². The lowest BCUT2D eigenvalue weighted by atomic mass is 9.91. The van der Waals surface area contributed by atoms with Crippen molar-refractivity contribution >= 4 is 21.6 Å². The number of aliphatic hydroxyl groups excluding tert-OH is 1. The fourth-order valence-electron chi connectivity index (χ4n) is 3.81. The molecule has 3 heteroatoms. The monoisotopic (exact) mass is 323 g/mol. The summed E-state index contributed by atoms with van der Waals surface area (Å²) >= 11 is 3.60. The molecule has 1 N–H and O–H groups in total. The molecule has 1 aliphatic heterocycles. The van der Waals surface area contributed by atoms with E-state index in [9.17, 15) is 5.11 Å². The quantitative estimate of drug-likeness (QED) is 0.878. The highest BCUT2D eigenvalue weighted by Crippen LogP contribution is 2.40. The van der Waals surface area contributed by atoms with E-state index in [-0.39, 0.29) is 0 Å². The maximum atomic E-state index is 9.71. The molecule has 1 aromatic carbocycles. The van der Waals surface area contributed by atoms with E-state index in [0.29, 0.717) is 0 Å². The molecule has 1 aliphatic carbocycles. The molecule has 3 rings (SSSR count). The van der Waals surface area contributed by atoms with Gasteiger partial charge in [0.15, 0.2) is 0 Å². The number of piperidine rings is 1. The highest BCUT2D eigenvalue weighted by Gasteiger charge is 2.35. The third kappa shape index (κ3) is 2.55. The molecule has 1 heterocycles. The van der Waals surface area contributed by atoms with Crippen LogP contribution in [-0.4, -0.2) is 17.7 Å². The molecule has 3 atom stereocenters. The van der Waals surface area contributed by atoms with Crippen molar-refractivity contribution in [1.29, 1.82) is 0 Å². The SMILES string of the molecule is CC(O)c1ccc(N2CCCC3CCCC32)cc1Br. The van der Waals surface area contributed by atoms with Crippen molar-refractivity contribution in [2.24, 2.45) is 5.92 Å². The van der Waals surface area contributed by atoms with Crippen molar-refractivity contribution in [3.63, 3.8) is 0 Å². The first-order chi connectivity index (χ1) is 9.16. The van der Waals surface area contributed by atoms with Gasteiger partial charge in [0.05, 0.1) is 6.10 Å². The summed E-state index contributed by atoms with van der Waals surface area (Å²) in [5.74, 6) is 0.906. The molecular weight excluding hydrogens is 302 g/mol. The van der Waals surface area contributed by atoms with E-state index in [1.165, 1.54) is 44.3 Å². The van der Waals surface area contributed by atoms with Gasteiger partial charge in [-0.1, -0.05) is 28.4 Å². The number of rotatable bonds is 2. The number of hydrogen-bond donors (Lipinski definition) is 1. The molecule has 0 spiro atoms. The summed E-state index contributed by atoms with van der Waals surface area (Å²) in [4.78, 5) is 2.59. The minimum atomic E-state index is -0.413. The molecule has 2 aliphatic rings. The Hall–Kier alpha value is -0.540. The van der Waals surface area contributed by atoms with Crippen molar-refractivity contribution in [2.45, 2.75) is 51.2 Å². The summed E-state index contributed by atoms with van der Waals surface area (Å²) in [6.45, 7) is 3.00. The number of benzene rings is 1. The first-order valence-corrected chi connectivity index (χ1v) is 8.20. The highest BCUT2D eigenvalue weighted by atomic mass is 79.9. The van der Waals surface area contributed by atoms with Crippen molar-refractivity contribution in [3.8, 4) is 0 Å². The number of anilines is 1. The zero-order valence-corrected chi connectivity index (χ0v) is 13.1. The molecule has 1 saturated heterocycles. The zero-order chi connectivity index (χ0) is 13.4. The van der Waals surface area contributed by atoms with Gasteiger partial charge in [0.2, 0.25) is 0 Å². The van der Waals surface area contributed by atoms with E-state index in [2.05, 4.69) is 39.0 Å². The highest BCUT2D eigenvalue weighted by molar-refractivity contribution is 9.10. The van der Waals surface area contributed by atoms with Gasteiger partial charge in [0.25, 0.3) is 0 Å². The van der Waals surface area contributed by atoms with E-state index in [1.54, 1.807) is 0 Å². The van der Waals surface area contributed by atoms with E-state index in [1.807, 2.05) is 6.92 Å². The van der Waals surface area contributed by atoms with Crippen molar-refractivity contribution in [3.05, 3.63) is 28.2 Å². The first kappa shape index (κ1) is 13.4. The van der Waals surface area contributed by atoms with Crippen LogP contribution < -0.4 is 4.90 Å². The minimum Gasteiger partial charge on any atom is -0.389 e. The Morgan fingerprint density at radius 1 is 1.26 bits per heavy atom. The minimum absolute atomic E-state index is 0.413. The van der Waals surface area contributed by atoms with Crippen LogP contribution in [0.4, 0.5) is 5.69 Å². The van der Waals surface area contributed by atoms with E-state index in [0.717, 1.165) is 22.0 Å². The van der Waals surface area contributed by atoms with Crippen LogP contribution in [0, 0.1) is 5.92 Å². The normalized spacial score (nSPS) is 28.3. The molecule has 0 bridgehead atoms. The summed E-state index contributed by atoms with van der Waals surface area (Å²) in [5.41, 5.74) is 2.29. The summed E-state index contributed by atoms with van der Waals surface area (Å²) in [7, 11) is 0. The predicted molar refractivity (Wildman–Crippen MR) is 82.5 cm³/mol. The molecular formula is C16H22BrNO. The number of nitrogens with zero attached hydrogens (tertiary/aromatic N) is 1. The van der Waals surface area contributed by atoms with Crippen LogP contribution in [-0.2, 0) is 0 Å². The number of halogens is 1. The van der Waals surface area contributed by atoms with E-state index in [4.69, 9.17) is 0 Å². The lowest BCUT2D eigenvalue weighted by Gasteiger charge is -2.39. The Morgan fingerprint density at radius 2 is 2.05 bits per heavy atom. The first-order valence-electron chi connectivity index (χ1n) is 7.41. The van der Waals surface area contributed by atoms with E-state index < -0.39 is 6.10 Å². The van der Waals surface area contributed by atoms with Gasteiger partial charge in [0, 0.05) is 22.7 Å². The maximum absolute atomic E-state index is 9.71. The lowest BCUT2D eigenvalue weighted by molar-refractivity contribution is 0.198. The molecule has 0 amide bonds. The van der Waals surface area contributed by atoms with Gasteiger partial charge in [-0.25, -0.2) is 0 Å². The summed E-state index contributed by atoms with van der Waals surface area (Å²) in [5, 5.41) is 9.71. The average Bonchev–Trinajstić information content (AvgIpc) is 2.86. The van der Waals surface area contributed by atoms with Gasteiger partial charge >= 0.3 is 0 Å². The molecule has 0 aromatic heterocycles. The summed E-state index contributed by atoms with van der Waals surface area (Å²) < 4.78 is 1.03. The van der Waals surface area contributed by atoms with Gasteiger partial charge in [0.1, 0.15) is 0 Å². The predicted octanol–water partition coefficient (Wildman–Crippen LogP) is 4.27. The Morgan fingerprint density at radius 3 is 2.79 bits per heavy atom. The van der Waals surface area contributed by atoms with Crippen LogP contribution in [0.25, 0.3) is 0 Å². The second-order valence-electron chi connectivity index (χ2n) is 5.98. The largest absolute Gasteiger partial charge is 0.389 e. The van der Waals surface area contributed by atoms with Crippen LogP contribution in [0.3, 0.4) is 0 Å². The number of hydrogen-bond acceptors (Lipinski definition) is 2. The van der Waals surface area contributed by atoms with Gasteiger partial charge in [-0.15, -0.1) is 0 Å². The van der Waals surface area contributed by atoms with Gasteiger partial charge in [-0.3, -0.25) is 0 Å². The molecule has 3 unspecified atom stereocenters. The van der Waals surface area contributed by atoms with Crippen molar-refractivity contribution < 1.29 is 5.11 Å². The van der Waals surface area contributed by atoms with Gasteiger partial charge in [-0.05, 0) is 56.2 Å². The Bertz CT molecular complexity index is 460. The number of aliphatic hydroxyl groups is 1. The topological polar surface area (TPSA) is 23.5 Å². The van der Waals surface area contributed by atoms with Crippen molar-refractivity contribution in [2.75, 3.05) is 11.4 Å². The molecule has 19 heavy (non-hydrogen) atoms. The third-order valence-electron chi connectivity index (χ3n) is 4.76. The Kier molecular flexibility index (Phi) is 3.86. The lowest BCUT2D eigenvalue weighted by Crippen LogP contribution is -2.42. The molecule has 1 saturated carbocycles. The second kappa shape index (κ2) is 5.45. The van der Waals surface area contributed by atoms with Crippen LogP contribution in [0.1, 0.15) is 50.7 Å². The zero-order valence-electron chi connectivity index (χ0n) is 11.5. The molecule has 1 aromatic rings. The van der Waals surface area contributed by atoms with Crippen LogP contribution in [0.2, 0.25) is 0 Å². The Labute approximate surface area is 123 Å². The molecule has 2 fully saturated rings. The van der Waals surface area contributed by atoms with Gasteiger partial charge < -0.3 is 10.0 Å². The number of fused-ring (bicyclic) bond motifs is 1. The third-order valence-corrected chi connectivity index (χ3v) is 5.45. The standard InChI is InChI=1S/C16H22BrNO/c1-11(19)14-8-7-13(10-15(14)17)18-9-3-5-12-4-2-6-16(12)18/h7-8,10-12,16,19H,2-6,9H2,1H3. The van der Waals surface area contributed by atoms with Crippen molar-refractivity contribution in [1.82, 2.24) is 0 Å². The fraction of sp³-hybridized carbons (Fsp3) is 0.625. The summed E-state index contributed by atoms with van der Waals surface area (Å²) in [6.07, 6.45) is 6.46. The van der Waals surface area contributed by atoms with Crippen LogP contribution in [0.15, 0.2) is 22.7 Å². The fourth-order valence-corrected chi connectivity index (χ4v) is 4.51. The van der Waals surface area contributed by atoms with Crippen LogP contribution in [0.5, 0.6) is 0 Å². The average molecular weight is 324 g/mol. The second-order valence-corrected chi connectivity index (χ2v) is 6.83. The molecule has 104 valence electrons. The summed E-state index contributed by atoms with van der Waals surface area (Å²) in [6, 6.07) is 7.16. The smallest absolute Gasteiger partial charge is 0.0772 e. The van der Waals surface area contributed by atoms with Crippen LogP contribution >= 0.6 is 15.9 Å². The maximum Gasteiger partial charge on any atom is 0.0772 e. The molecule has 0 radical (unpaired) electrons. The Balaban J connectivity index is 1.87. The van der Waals surface area contributed by atoms with Gasteiger partial charge in [-0.2, -0.15) is 0 Å². The molecule has 2 nitrogen and oxygen atoms in total.